The van der Waals surface area contributed by atoms with Crippen molar-refractivity contribution in [2.24, 2.45) is 0 Å². The number of rotatable bonds is 19. The van der Waals surface area contributed by atoms with Gasteiger partial charge in [-0.15, -0.1) is 25.7 Å². The maximum absolute atomic E-state index is 13.1. The molecule has 0 saturated heterocycles. The van der Waals surface area contributed by atoms with Crippen molar-refractivity contribution in [3.63, 3.8) is 0 Å². The average Bonchev–Trinajstić information content (AvgIpc) is 3.97. The normalized spacial score (nSPS) is 11.4. The zero-order chi connectivity index (χ0) is 52.3. The van der Waals surface area contributed by atoms with E-state index in [9.17, 15) is 28.8 Å². The lowest BCUT2D eigenvalue weighted by molar-refractivity contribution is -0.137. The van der Waals surface area contributed by atoms with E-state index in [4.69, 9.17) is 9.47 Å². The van der Waals surface area contributed by atoms with Crippen LogP contribution in [0.15, 0.2) is 54.7 Å². The van der Waals surface area contributed by atoms with Crippen molar-refractivity contribution in [2.45, 2.75) is 105 Å². The third-order valence-corrected chi connectivity index (χ3v) is 8.78. The molecule has 0 radical (unpaired) electrons. The van der Waals surface area contributed by atoms with Gasteiger partial charge in [0, 0.05) is 19.7 Å². The van der Waals surface area contributed by atoms with Crippen molar-refractivity contribution < 1.29 is 43.0 Å². The lowest BCUT2D eigenvalue weighted by Crippen LogP contribution is -2.51. The number of hydrogen-bond donors (Lipinski definition) is 4. The van der Waals surface area contributed by atoms with Crippen LogP contribution in [0.25, 0.3) is 22.4 Å². The van der Waals surface area contributed by atoms with Gasteiger partial charge in [0.1, 0.15) is 30.0 Å². The molecule has 17 nitrogen and oxygen atoms in total. The van der Waals surface area contributed by atoms with Crippen LogP contribution >= 0.6 is 0 Å². The minimum Gasteiger partial charge on any atom is -0.453 e. The molecule has 17 heteroatoms. The molecular weight excluding hydrogens is 869 g/mol. The molecule has 0 bridgehead atoms. The van der Waals surface area contributed by atoms with Crippen LogP contribution in [-0.4, -0.2) is 140 Å². The number of aldehydes is 1. The molecule has 376 valence electrons. The van der Waals surface area contributed by atoms with Crippen LogP contribution in [0.5, 0.6) is 0 Å². The molecule has 0 atom stereocenters. The summed E-state index contributed by atoms with van der Waals surface area (Å²) in [4.78, 5) is 83.9. The zero-order valence-electron chi connectivity index (χ0n) is 42.5. The molecule has 68 heavy (non-hydrogen) atoms. The summed E-state index contributed by atoms with van der Waals surface area (Å²) in [6.07, 6.45) is 22.3. The van der Waals surface area contributed by atoms with Crippen LogP contribution in [0.1, 0.15) is 104 Å². The molecule has 4 N–H and O–H groups in total. The van der Waals surface area contributed by atoms with Gasteiger partial charge in [-0.25, -0.2) is 14.6 Å². The van der Waals surface area contributed by atoms with E-state index < -0.39 is 35.3 Å². The summed E-state index contributed by atoms with van der Waals surface area (Å²) in [5.74, 6) is -0.291. The molecule has 1 heterocycles. The Bertz CT molecular complexity index is 1940. The second-order valence-corrected chi connectivity index (χ2v) is 16.3. The lowest BCUT2D eigenvalue weighted by Gasteiger charge is -2.30. The van der Waals surface area contributed by atoms with Crippen LogP contribution in [0.3, 0.4) is 0 Å². The zero-order valence-corrected chi connectivity index (χ0v) is 42.5. The van der Waals surface area contributed by atoms with E-state index in [0.717, 1.165) is 60.6 Å². The molecule has 1 aliphatic rings. The number of benzene rings is 2. The van der Waals surface area contributed by atoms with Crippen LogP contribution in [0.4, 0.5) is 9.59 Å². The number of carbonyl (C=O) groups excluding carboxylic acids is 6. The molecule has 4 rings (SSSR count). The van der Waals surface area contributed by atoms with Crippen molar-refractivity contribution in [1.82, 2.24) is 40.6 Å². The lowest BCUT2D eigenvalue weighted by atomic mass is 10.0. The Hall–Kier alpha value is -6.53. The molecule has 2 aromatic carbocycles. The number of carbonyl (C=O) groups is 6. The Kier molecular flexibility index (Phi) is 33.3. The first-order chi connectivity index (χ1) is 32.3. The molecule has 0 unspecified atom stereocenters. The summed E-state index contributed by atoms with van der Waals surface area (Å²) in [5.41, 5.74) is 3.11. The van der Waals surface area contributed by atoms with E-state index in [1.165, 1.54) is 36.8 Å². The summed E-state index contributed by atoms with van der Waals surface area (Å²) in [6, 6.07) is 15.3. The van der Waals surface area contributed by atoms with Gasteiger partial charge in [0.05, 0.1) is 51.8 Å². The fourth-order valence-electron chi connectivity index (χ4n) is 5.49. The van der Waals surface area contributed by atoms with Crippen molar-refractivity contribution in [2.75, 3.05) is 67.7 Å². The quantitative estimate of drug-likeness (QED) is 0.0410. The highest BCUT2D eigenvalue weighted by molar-refractivity contribution is 6.00. The topological polar surface area (TPSA) is 205 Å². The van der Waals surface area contributed by atoms with Crippen molar-refractivity contribution in [1.29, 1.82) is 0 Å². The number of ketones is 1. The minimum atomic E-state index is -0.727. The van der Waals surface area contributed by atoms with E-state index >= 15 is 0 Å². The summed E-state index contributed by atoms with van der Waals surface area (Å²) in [6.45, 7) is 16.8. The third kappa shape index (κ3) is 26.6. The standard InChI is InChI=1S/C37H51N7O6.C4H7NO3.2C3H8.2C2H2/c1-8-19-42(5)23-32-38-20-30(41-32)28-13-9-26(10-14-28)27-11-15-29(16-12-27)31(45)21-39-33(46)24-44(25-43(6)35(48)50-36(2,3)4)34(47)22-40-37(49-7)17-18-37;1-8-4(7)5-2-3-6;2*1-3-2;2*1-2/h9-16,20,40H,8,17-19,21-25H2,1-7H3,(H,38,41)(H,39,46);3H,2H2,1H3,(H,5,7);2*3H2,1-2H3;2*1-2H. The fourth-order valence-corrected chi connectivity index (χ4v) is 5.49. The number of hydrogen-bond acceptors (Lipinski definition) is 12. The number of alkyl carbamates (subject to hydrolysis) is 1. The monoisotopic (exact) mass is 947 g/mol. The van der Waals surface area contributed by atoms with E-state index in [1.54, 1.807) is 40.0 Å². The second kappa shape index (κ2) is 35.6. The first kappa shape index (κ1) is 63.6. The Labute approximate surface area is 405 Å². The Balaban J connectivity index is 0. The number of nitrogens with one attached hydrogen (secondary N) is 4. The average molecular weight is 947 g/mol. The van der Waals surface area contributed by atoms with Crippen LogP contribution in [-0.2, 0) is 35.1 Å². The minimum absolute atomic E-state index is 0.00662. The van der Waals surface area contributed by atoms with Gasteiger partial charge in [-0.1, -0.05) is 96.0 Å². The number of ether oxygens (including phenoxy) is 3. The number of aromatic amines is 1. The van der Waals surface area contributed by atoms with Gasteiger partial charge in [0.25, 0.3) is 0 Å². The van der Waals surface area contributed by atoms with Crippen LogP contribution in [0.2, 0.25) is 0 Å². The molecule has 0 aliphatic heterocycles. The number of imidazole rings is 1. The predicted octanol–water partition coefficient (Wildman–Crippen LogP) is 7.14. The van der Waals surface area contributed by atoms with Gasteiger partial charge >= 0.3 is 12.2 Å². The smallest absolute Gasteiger partial charge is 0.411 e. The number of amides is 4. The predicted molar refractivity (Wildman–Crippen MR) is 269 cm³/mol. The third-order valence-electron chi connectivity index (χ3n) is 8.78. The van der Waals surface area contributed by atoms with Gasteiger partial charge in [-0.05, 0) is 70.3 Å². The van der Waals surface area contributed by atoms with Crippen molar-refractivity contribution >= 4 is 36.1 Å². The van der Waals surface area contributed by atoms with E-state index in [2.05, 4.69) is 103 Å². The Morgan fingerprint density at radius 2 is 1.35 bits per heavy atom. The highest BCUT2D eigenvalue weighted by Crippen LogP contribution is 2.35. The number of methoxy groups -OCH3 is 2. The van der Waals surface area contributed by atoms with Crippen molar-refractivity contribution in [3.8, 4) is 48.1 Å². The van der Waals surface area contributed by atoms with Crippen LogP contribution in [0, 0.1) is 25.7 Å². The maximum atomic E-state index is 13.1. The maximum Gasteiger partial charge on any atom is 0.411 e. The highest BCUT2D eigenvalue weighted by Gasteiger charge is 2.43. The number of Topliss-reactive ketones (excluding diaryl/α,β-unsaturated/α-hetero) is 1. The number of H-pyrrole nitrogens is 1. The Morgan fingerprint density at radius 3 is 1.82 bits per heavy atom. The molecule has 1 fully saturated rings. The van der Waals surface area contributed by atoms with Gasteiger partial charge < -0.3 is 39.5 Å². The summed E-state index contributed by atoms with van der Waals surface area (Å²) in [5, 5.41) is 7.85. The SMILES string of the molecule is C#C.C#C.CCC.CCC.CCCN(C)Cc1ncc(-c2ccc(-c3ccc(C(=O)CNC(=O)CN(CN(C)C(=O)OC(C)(C)C)C(=O)CNC4(OC)CC4)cc3)cc2)[nH]1.COC(=O)NCC=O. The van der Waals surface area contributed by atoms with Gasteiger partial charge in [0.15, 0.2) is 5.78 Å². The van der Waals surface area contributed by atoms with E-state index in [-0.39, 0.29) is 38.6 Å². The molecule has 3 aromatic rings. The molecule has 1 aromatic heterocycles. The first-order valence-corrected chi connectivity index (χ1v) is 22.5. The Morgan fingerprint density at radius 1 is 0.824 bits per heavy atom. The number of terminal acetylenes is 2. The molecule has 1 aliphatic carbocycles. The van der Waals surface area contributed by atoms with E-state index in [1.807, 2.05) is 42.6 Å². The first-order valence-electron chi connectivity index (χ1n) is 22.5. The van der Waals surface area contributed by atoms with Gasteiger partial charge in [0.2, 0.25) is 11.8 Å². The second-order valence-electron chi connectivity index (χ2n) is 16.3. The fraction of sp³-hybridized carbons (Fsp3) is 0.510. The number of nitrogens with zero attached hydrogens (tertiary/aromatic N) is 4. The van der Waals surface area contributed by atoms with Crippen molar-refractivity contribution in [3.05, 3.63) is 66.1 Å². The largest absolute Gasteiger partial charge is 0.453 e. The number of aromatic nitrogens is 2. The van der Waals surface area contributed by atoms with Gasteiger partial charge in [-0.3, -0.25) is 29.5 Å². The highest BCUT2D eigenvalue weighted by atomic mass is 16.6. The summed E-state index contributed by atoms with van der Waals surface area (Å²) < 4.78 is 15.0. The van der Waals surface area contributed by atoms with Gasteiger partial charge in [-0.2, -0.15) is 0 Å². The summed E-state index contributed by atoms with van der Waals surface area (Å²) >= 11 is 0. The molecular formula is C51H78N8O9. The van der Waals surface area contributed by atoms with E-state index in [0.29, 0.717) is 11.8 Å². The molecule has 0 spiro atoms. The molecule has 4 amide bonds. The molecule has 1 saturated carbocycles. The van der Waals surface area contributed by atoms with Crippen LogP contribution < -0.4 is 16.0 Å². The summed E-state index contributed by atoms with van der Waals surface area (Å²) in [7, 11) is 6.37.